The van der Waals surface area contributed by atoms with E-state index < -0.39 is 0 Å². The van der Waals surface area contributed by atoms with E-state index in [2.05, 4.69) is 38.1 Å². The third kappa shape index (κ3) is 1.78. The summed E-state index contributed by atoms with van der Waals surface area (Å²) in [5, 5.41) is 5.84. The van der Waals surface area contributed by atoms with Gasteiger partial charge in [-0.2, -0.15) is 5.10 Å². The number of fused-ring (bicyclic) bond motifs is 1. The minimum Gasteiger partial charge on any atom is -0.217 e. The van der Waals surface area contributed by atoms with Crippen molar-refractivity contribution >= 4 is 32.2 Å². The zero-order chi connectivity index (χ0) is 12.1. The van der Waals surface area contributed by atoms with Gasteiger partial charge in [-0.1, -0.05) is 39.4 Å². The van der Waals surface area contributed by atoms with Crippen molar-refractivity contribution in [3.05, 3.63) is 39.9 Å². The van der Waals surface area contributed by atoms with E-state index in [4.69, 9.17) is 0 Å². The van der Waals surface area contributed by atoms with Gasteiger partial charge < -0.3 is 0 Å². The summed E-state index contributed by atoms with van der Waals surface area (Å²) in [5.74, 6) is 0.702. The number of imidazole rings is 1. The highest BCUT2D eigenvalue weighted by Crippen LogP contribution is 2.42. The van der Waals surface area contributed by atoms with Gasteiger partial charge in [0.2, 0.25) is 4.96 Å². The molecule has 2 aromatic heterocycles. The molecule has 0 spiro atoms. The van der Waals surface area contributed by atoms with Crippen molar-refractivity contribution < 1.29 is 0 Å². The van der Waals surface area contributed by atoms with Gasteiger partial charge >= 0.3 is 0 Å². The van der Waals surface area contributed by atoms with E-state index >= 15 is 0 Å². The molecule has 0 aliphatic heterocycles. The van der Waals surface area contributed by atoms with Crippen molar-refractivity contribution in [1.82, 2.24) is 14.6 Å². The lowest BCUT2D eigenvalue weighted by atomic mass is 10.2. The predicted molar refractivity (Wildman–Crippen MR) is 76.0 cm³/mol. The lowest BCUT2D eigenvalue weighted by Crippen LogP contribution is -1.83. The van der Waals surface area contributed by atoms with Gasteiger partial charge in [0.25, 0.3) is 0 Å². The van der Waals surface area contributed by atoms with Crippen molar-refractivity contribution in [2.45, 2.75) is 18.8 Å². The zero-order valence-electron chi connectivity index (χ0n) is 9.51. The standard InChI is InChI=1S/C13H10BrN3S/c14-10-5-3-8(4-6-10)11-7-17-13(15-11)18-12(16-17)9-1-2-9/h3-7,9H,1-2H2. The minimum absolute atomic E-state index is 0.702. The topological polar surface area (TPSA) is 30.2 Å². The van der Waals surface area contributed by atoms with Crippen LogP contribution in [0.5, 0.6) is 0 Å². The molecule has 2 heterocycles. The molecule has 5 heteroatoms. The Morgan fingerprint density at radius 1 is 1.22 bits per heavy atom. The smallest absolute Gasteiger partial charge is 0.212 e. The molecule has 0 bridgehead atoms. The fourth-order valence-electron chi connectivity index (χ4n) is 1.97. The Balaban J connectivity index is 1.76. The normalized spacial score (nSPS) is 15.4. The molecule has 0 atom stereocenters. The van der Waals surface area contributed by atoms with E-state index in [9.17, 15) is 0 Å². The van der Waals surface area contributed by atoms with E-state index in [1.54, 1.807) is 11.3 Å². The zero-order valence-corrected chi connectivity index (χ0v) is 11.9. The average molecular weight is 320 g/mol. The van der Waals surface area contributed by atoms with Crippen LogP contribution in [-0.2, 0) is 0 Å². The number of nitrogens with zero attached hydrogens (tertiary/aromatic N) is 3. The van der Waals surface area contributed by atoms with Gasteiger partial charge in [0.1, 0.15) is 5.01 Å². The van der Waals surface area contributed by atoms with Crippen molar-refractivity contribution in [3.8, 4) is 11.3 Å². The van der Waals surface area contributed by atoms with Crippen LogP contribution in [0.25, 0.3) is 16.2 Å². The summed E-state index contributed by atoms with van der Waals surface area (Å²) in [6.07, 6.45) is 4.59. The van der Waals surface area contributed by atoms with Gasteiger partial charge in [-0.3, -0.25) is 0 Å². The highest BCUT2D eigenvalue weighted by Gasteiger charge is 2.27. The Bertz CT molecular complexity index is 678. The molecule has 0 amide bonds. The van der Waals surface area contributed by atoms with E-state index in [1.807, 2.05) is 22.8 Å². The summed E-state index contributed by atoms with van der Waals surface area (Å²) < 4.78 is 3.00. The van der Waals surface area contributed by atoms with Gasteiger partial charge in [-0.25, -0.2) is 9.50 Å². The maximum atomic E-state index is 4.65. The Labute approximate surface area is 117 Å². The third-order valence-corrected chi connectivity index (χ3v) is 4.74. The second-order valence-electron chi connectivity index (χ2n) is 4.57. The first-order valence-corrected chi connectivity index (χ1v) is 7.52. The molecule has 0 radical (unpaired) electrons. The number of rotatable bonds is 2. The Morgan fingerprint density at radius 3 is 2.67 bits per heavy atom. The van der Waals surface area contributed by atoms with Crippen LogP contribution in [0.15, 0.2) is 34.9 Å². The van der Waals surface area contributed by atoms with Crippen LogP contribution in [0.4, 0.5) is 0 Å². The van der Waals surface area contributed by atoms with Crippen LogP contribution in [0.2, 0.25) is 0 Å². The first-order chi connectivity index (χ1) is 8.79. The molecule has 1 aliphatic rings. The molecule has 18 heavy (non-hydrogen) atoms. The average Bonchev–Trinajstić information content (AvgIpc) is 3.02. The molecule has 3 aromatic rings. The quantitative estimate of drug-likeness (QED) is 0.712. The summed E-state index contributed by atoms with van der Waals surface area (Å²) in [6, 6.07) is 8.20. The third-order valence-electron chi connectivity index (χ3n) is 3.13. The molecule has 90 valence electrons. The first-order valence-electron chi connectivity index (χ1n) is 5.92. The maximum Gasteiger partial charge on any atom is 0.212 e. The molecule has 1 saturated carbocycles. The SMILES string of the molecule is Brc1ccc(-c2cn3nc(C4CC4)sc3n2)cc1. The molecular weight excluding hydrogens is 310 g/mol. The number of hydrogen-bond acceptors (Lipinski definition) is 3. The summed E-state index contributed by atoms with van der Waals surface area (Å²) in [7, 11) is 0. The molecule has 0 unspecified atom stereocenters. The van der Waals surface area contributed by atoms with Gasteiger partial charge in [-0.05, 0) is 25.0 Å². The number of benzene rings is 1. The van der Waals surface area contributed by atoms with Crippen molar-refractivity contribution in [2.75, 3.05) is 0 Å². The van der Waals surface area contributed by atoms with Crippen LogP contribution in [0.1, 0.15) is 23.8 Å². The molecule has 0 saturated heterocycles. The predicted octanol–water partition coefficient (Wildman–Crippen LogP) is 4.10. The summed E-state index contributed by atoms with van der Waals surface area (Å²) in [5.41, 5.74) is 2.12. The minimum atomic E-state index is 0.702. The number of halogens is 1. The van der Waals surface area contributed by atoms with Crippen molar-refractivity contribution in [2.24, 2.45) is 0 Å². The summed E-state index contributed by atoms with van der Waals surface area (Å²) in [6.45, 7) is 0. The van der Waals surface area contributed by atoms with E-state index in [0.717, 1.165) is 20.7 Å². The van der Waals surface area contributed by atoms with E-state index in [0.29, 0.717) is 5.92 Å². The first kappa shape index (κ1) is 10.7. The summed E-state index contributed by atoms with van der Waals surface area (Å²) >= 11 is 5.16. The van der Waals surface area contributed by atoms with Crippen LogP contribution < -0.4 is 0 Å². The van der Waals surface area contributed by atoms with Crippen LogP contribution in [0.3, 0.4) is 0 Å². The highest BCUT2D eigenvalue weighted by molar-refractivity contribution is 9.10. The molecule has 0 N–H and O–H groups in total. The molecule has 1 fully saturated rings. The van der Waals surface area contributed by atoms with Crippen LogP contribution >= 0.6 is 27.3 Å². The fourth-order valence-corrected chi connectivity index (χ4v) is 3.28. The summed E-state index contributed by atoms with van der Waals surface area (Å²) in [4.78, 5) is 5.64. The van der Waals surface area contributed by atoms with Gasteiger partial charge in [0.15, 0.2) is 0 Å². The monoisotopic (exact) mass is 319 g/mol. The van der Waals surface area contributed by atoms with E-state index in [1.165, 1.54) is 17.8 Å². The van der Waals surface area contributed by atoms with Crippen LogP contribution in [0, 0.1) is 0 Å². The van der Waals surface area contributed by atoms with Gasteiger partial charge in [0.05, 0.1) is 11.9 Å². The van der Waals surface area contributed by atoms with Gasteiger partial charge in [0, 0.05) is 16.0 Å². The van der Waals surface area contributed by atoms with Gasteiger partial charge in [-0.15, -0.1) is 0 Å². The lowest BCUT2D eigenvalue weighted by Gasteiger charge is -1.95. The van der Waals surface area contributed by atoms with Crippen LogP contribution in [-0.4, -0.2) is 14.6 Å². The fraction of sp³-hybridized carbons (Fsp3) is 0.231. The Kier molecular flexibility index (Phi) is 2.32. The van der Waals surface area contributed by atoms with E-state index in [-0.39, 0.29) is 0 Å². The molecule has 1 aliphatic carbocycles. The maximum absolute atomic E-state index is 4.65. The van der Waals surface area contributed by atoms with Crippen molar-refractivity contribution in [1.29, 1.82) is 0 Å². The Morgan fingerprint density at radius 2 is 2.00 bits per heavy atom. The Hall–Kier alpha value is -1.20. The lowest BCUT2D eigenvalue weighted by molar-refractivity contribution is 0.905. The number of hydrogen-bond donors (Lipinski definition) is 0. The second kappa shape index (κ2) is 3.90. The molecule has 3 nitrogen and oxygen atoms in total. The molecular formula is C13H10BrN3S. The number of aromatic nitrogens is 3. The largest absolute Gasteiger partial charge is 0.217 e. The second-order valence-corrected chi connectivity index (χ2v) is 6.48. The molecule has 1 aromatic carbocycles. The van der Waals surface area contributed by atoms with Crippen molar-refractivity contribution in [3.63, 3.8) is 0 Å². The highest BCUT2D eigenvalue weighted by atomic mass is 79.9. The molecule has 4 rings (SSSR count).